The molecule has 0 atom stereocenters. The Bertz CT molecular complexity index is 635. The highest BCUT2D eigenvalue weighted by Crippen LogP contribution is 2.28. The molecule has 2 rings (SSSR count). The summed E-state index contributed by atoms with van der Waals surface area (Å²) in [7, 11) is 0. The van der Waals surface area contributed by atoms with E-state index in [4.69, 9.17) is 4.74 Å². The second-order valence-corrected chi connectivity index (χ2v) is 4.48. The lowest BCUT2D eigenvalue weighted by Gasteiger charge is -2.11. The number of carboxylic acids is 1. The number of aromatic carboxylic acids is 1. The maximum Gasteiger partial charge on any atom is 0.341 e. The number of hydrogen-bond donors (Lipinski definition) is 1. The van der Waals surface area contributed by atoms with Gasteiger partial charge in [-0.3, -0.25) is 0 Å². The van der Waals surface area contributed by atoms with Crippen LogP contribution in [-0.4, -0.2) is 16.1 Å². The average Bonchev–Trinajstić information content (AvgIpc) is 2.33. The van der Waals surface area contributed by atoms with Crippen molar-refractivity contribution in [1.82, 2.24) is 4.98 Å². The van der Waals surface area contributed by atoms with Crippen molar-refractivity contribution in [2.75, 3.05) is 0 Å². The normalized spacial score (nSPS) is 10.3. The predicted molar refractivity (Wildman–Crippen MR) is 71.9 cm³/mol. The third-order valence-electron chi connectivity index (χ3n) is 2.89. The molecule has 0 unspecified atom stereocenters. The smallest absolute Gasteiger partial charge is 0.341 e. The van der Waals surface area contributed by atoms with Gasteiger partial charge in [0.1, 0.15) is 11.3 Å². The molecule has 2 aromatic rings. The number of carbonyl (C=O) groups is 1. The van der Waals surface area contributed by atoms with Crippen LogP contribution in [0, 0.1) is 20.8 Å². The Balaban J connectivity index is 2.46. The molecule has 0 spiro atoms. The van der Waals surface area contributed by atoms with Crippen LogP contribution in [0.1, 0.15) is 27.0 Å². The van der Waals surface area contributed by atoms with E-state index in [9.17, 15) is 9.90 Å². The Morgan fingerprint density at radius 1 is 1.16 bits per heavy atom. The molecule has 0 aliphatic carbocycles. The summed E-state index contributed by atoms with van der Waals surface area (Å²) in [6.07, 6.45) is 1.54. The molecule has 4 nitrogen and oxygen atoms in total. The molecule has 4 heteroatoms. The molecule has 0 aliphatic heterocycles. The molecule has 0 radical (unpaired) electrons. The number of pyridine rings is 1. The minimum atomic E-state index is -1.04. The van der Waals surface area contributed by atoms with Gasteiger partial charge in [-0.05, 0) is 49.6 Å². The third kappa shape index (κ3) is 2.73. The quantitative estimate of drug-likeness (QED) is 0.914. The second-order valence-electron chi connectivity index (χ2n) is 4.48. The Kier molecular flexibility index (Phi) is 3.51. The van der Waals surface area contributed by atoms with Crippen molar-refractivity contribution in [3.63, 3.8) is 0 Å². The fraction of sp³-hybridized carbons (Fsp3) is 0.200. The van der Waals surface area contributed by atoms with Crippen molar-refractivity contribution in [2.24, 2.45) is 0 Å². The summed E-state index contributed by atoms with van der Waals surface area (Å²) in [6, 6.07) is 7.43. The van der Waals surface area contributed by atoms with Gasteiger partial charge in [-0.1, -0.05) is 12.1 Å². The summed E-state index contributed by atoms with van der Waals surface area (Å²) in [6.45, 7) is 5.58. The van der Waals surface area contributed by atoms with Crippen LogP contribution in [0.25, 0.3) is 0 Å². The first-order chi connectivity index (χ1) is 8.99. The van der Waals surface area contributed by atoms with Crippen molar-refractivity contribution in [3.8, 4) is 11.6 Å². The lowest BCUT2D eigenvalue weighted by Crippen LogP contribution is -2.05. The average molecular weight is 257 g/mol. The maximum atomic E-state index is 11.3. The lowest BCUT2D eigenvalue weighted by atomic mass is 10.1. The molecular formula is C15H15NO3. The fourth-order valence-electron chi connectivity index (χ4n) is 1.79. The van der Waals surface area contributed by atoms with Gasteiger partial charge in [-0.25, -0.2) is 9.78 Å². The number of benzene rings is 1. The number of aryl methyl sites for hydroxylation is 3. The first-order valence-electron chi connectivity index (χ1n) is 5.93. The number of rotatable bonds is 3. The summed E-state index contributed by atoms with van der Waals surface area (Å²) in [5.41, 5.74) is 2.71. The first kappa shape index (κ1) is 13.1. The van der Waals surface area contributed by atoms with Gasteiger partial charge < -0.3 is 9.84 Å². The zero-order valence-electron chi connectivity index (χ0n) is 11.1. The highest BCUT2D eigenvalue weighted by atomic mass is 16.5. The summed E-state index contributed by atoms with van der Waals surface area (Å²) in [4.78, 5) is 15.3. The van der Waals surface area contributed by atoms with Crippen molar-refractivity contribution < 1.29 is 14.6 Å². The minimum Gasteiger partial charge on any atom is -0.477 e. The standard InChI is InChI=1S/C15H15NO3/c1-9-4-5-10(2)12(8-9)19-14-13(15(17)18)11(3)6-7-16-14/h4-8H,1-3H3,(H,17,18). The van der Waals surface area contributed by atoms with Crippen molar-refractivity contribution in [3.05, 3.63) is 52.7 Å². The van der Waals surface area contributed by atoms with E-state index in [1.807, 2.05) is 32.0 Å². The summed E-state index contributed by atoms with van der Waals surface area (Å²) >= 11 is 0. The summed E-state index contributed by atoms with van der Waals surface area (Å²) in [5, 5.41) is 9.23. The van der Waals surface area contributed by atoms with Gasteiger partial charge in [0.2, 0.25) is 5.88 Å². The molecule has 0 bridgehead atoms. The largest absolute Gasteiger partial charge is 0.477 e. The van der Waals surface area contributed by atoms with Crippen LogP contribution in [-0.2, 0) is 0 Å². The van der Waals surface area contributed by atoms with Gasteiger partial charge in [0.05, 0.1) is 0 Å². The molecule has 0 aliphatic rings. The van der Waals surface area contributed by atoms with Gasteiger partial charge in [0, 0.05) is 6.20 Å². The molecule has 1 heterocycles. The first-order valence-corrected chi connectivity index (χ1v) is 5.93. The molecule has 1 aromatic carbocycles. The van der Waals surface area contributed by atoms with E-state index in [0.29, 0.717) is 11.3 Å². The van der Waals surface area contributed by atoms with E-state index in [1.165, 1.54) is 0 Å². The Labute approximate surface area is 111 Å². The SMILES string of the molecule is Cc1ccc(C)c(Oc2nccc(C)c2C(=O)O)c1. The Hall–Kier alpha value is -2.36. The van der Waals surface area contributed by atoms with E-state index in [1.54, 1.807) is 19.2 Å². The predicted octanol–water partition coefficient (Wildman–Crippen LogP) is 3.50. The van der Waals surface area contributed by atoms with E-state index >= 15 is 0 Å². The molecule has 1 aromatic heterocycles. The molecular weight excluding hydrogens is 242 g/mol. The monoisotopic (exact) mass is 257 g/mol. The van der Waals surface area contributed by atoms with Gasteiger partial charge in [0.25, 0.3) is 0 Å². The fourth-order valence-corrected chi connectivity index (χ4v) is 1.79. The number of aromatic nitrogens is 1. The van der Waals surface area contributed by atoms with Crippen molar-refractivity contribution in [1.29, 1.82) is 0 Å². The van der Waals surface area contributed by atoms with Crippen LogP contribution in [0.4, 0.5) is 0 Å². The molecule has 0 fully saturated rings. The molecule has 19 heavy (non-hydrogen) atoms. The van der Waals surface area contributed by atoms with Crippen LogP contribution in [0.3, 0.4) is 0 Å². The van der Waals surface area contributed by atoms with E-state index in [2.05, 4.69) is 4.98 Å². The molecule has 98 valence electrons. The highest BCUT2D eigenvalue weighted by molar-refractivity contribution is 5.91. The van der Waals surface area contributed by atoms with Crippen LogP contribution < -0.4 is 4.74 Å². The Morgan fingerprint density at radius 3 is 2.58 bits per heavy atom. The van der Waals surface area contributed by atoms with E-state index in [0.717, 1.165) is 11.1 Å². The van der Waals surface area contributed by atoms with Crippen LogP contribution >= 0.6 is 0 Å². The van der Waals surface area contributed by atoms with Gasteiger partial charge in [-0.2, -0.15) is 0 Å². The Morgan fingerprint density at radius 2 is 1.89 bits per heavy atom. The lowest BCUT2D eigenvalue weighted by molar-refractivity contribution is 0.0692. The van der Waals surface area contributed by atoms with Crippen LogP contribution in [0.15, 0.2) is 30.5 Å². The van der Waals surface area contributed by atoms with Crippen molar-refractivity contribution >= 4 is 5.97 Å². The molecule has 0 saturated heterocycles. The molecule has 0 saturated carbocycles. The van der Waals surface area contributed by atoms with Gasteiger partial charge >= 0.3 is 5.97 Å². The van der Waals surface area contributed by atoms with E-state index < -0.39 is 5.97 Å². The topological polar surface area (TPSA) is 59.4 Å². The van der Waals surface area contributed by atoms with Gasteiger partial charge in [0.15, 0.2) is 0 Å². The number of hydrogen-bond acceptors (Lipinski definition) is 3. The van der Waals surface area contributed by atoms with Gasteiger partial charge in [-0.15, -0.1) is 0 Å². The second kappa shape index (κ2) is 5.10. The number of carboxylic acid groups (broad SMARTS) is 1. The highest BCUT2D eigenvalue weighted by Gasteiger charge is 2.17. The third-order valence-corrected chi connectivity index (χ3v) is 2.89. The number of nitrogens with zero attached hydrogens (tertiary/aromatic N) is 1. The number of ether oxygens (including phenoxy) is 1. The maximum absolute atomic E-state index is 11.3. The zero-order valence-corrected chi connectivity index (χ0v) is 11.1. The summed E-state index contributed by atoms with van der Waals surface area (Å²) < 4.78 is 5.67. The zero-order chi connectivity index (χ0) is 14.0. The molecule has 1 N–H and O–H groups in total. The van der Waals surface area contributed by atoms with Crippen molar-refractivity contribution in [2.45, 2.75) is 20.8 Å². The van der Waals surface area contributed by atoms with E-state index in [-0.39, 0.29) is 11.4 Å². The van der Waals surface area contributed by atoms with Crippen LogP contribution in [0.5, 0.6) is 11.6 Å². The summed E-state index contributed by atoms with van der Waals surface area (Å²) in [5.74, 6) is -0.285. The van der Waals surface area contributed by atoms with Crippen LogP contribution in [0.2, 0.25) is 0 Å². The molecule has 0 amide bonds. The minimum absolute atomic E-state index is 0.100.